The van der Waals surface area contributed by atoms with Crippen molar-refractivity contribution in [2.75, 3.05) is 26.2 Å². The summed E-state index contributed by atoms with van der Waals surface area (Å²) in [4.78, 5) is 8.77. The zero-order chi connectivity index (χ0) is 15.5. The molecule has 0 atom stereocenters. The maximum atomic E-state index is 13.8. The molecule has 0 N–H and O–H groups in total. The van der Waals surface area contributed by atoms with E-state index in [1.54, 1.807) is 6.07 Å². The quantitative estimate of drug-likeness (QED) is 0.829. The van der Waals surface area contributed by atoms with Gasteiger partial charge in [0.25, 0.3) is 0 Å². The Morgan fingerprint density at radius 1 is 1.18 bits per heavy atom. The van der Waals surface area contributed by atoms with E-state index >= 15 is 0 Å². The molecule has 7 heteroatoms. The number of halogens is 2. The van der Waals surface area contributed by atoms with Crippen molar-refractivity contribution in [2.45, 2.75) is 20.0 Å². The molecule has 2 heterocycles. The first-order chi connectivity index (χ1) is 10.6. The van der Waals surface area contributed by atoms with Crippen molar-refractivity contribution >= 4 is 15.9 Å². The summed E-state index contributed by atoms with van der Waals surface area (Å²) in [5.74, 6) is 1.18. The Labute approximate surface area is 137 Å². The second-order valence-corrected chi connectivity index (χ2v) is 6.44. The van der Waals surface area contributed by atoms with Gasteiger partial charge in [-0.15, -0.1) is 0 Å². The monoisotopic (exact) mass is 368 g/mol. The van der Waals surface area contributed by atoms with Crippen LogP contribution in [0.15, 0.2) is 27.2 Å². The van der Waals surface area contributed by atoms with Crippen LogP contribution < -0.4 is 0 Å². The molecule has 0 aliphatic carbocycles. The lowest BCUT2D eigenvalue weighted by Crippen LogP contribution is -2.45. The van der Waals surface area contributed by atoms with Crippen LogP contribution in [-0.4, -0.2) is 46.1 Å². The molecule has 1 aliphatic heterocycles. The summed E-state index contributed by atoms with van der Waals surface area (Å²) >= 11 is 3.39. The molecule has 1 aromatic heterocycles. The third-order valence-electron chi connectivity index (χ3n) is 3.80. The number of nitrogens with zero attached hydrogens (tertiary/aromatic N) is 4. The highest BCUT2D eigenvalue weighted by atomic mass is 79.9. The van der Waals surface area contributed by atoms with Crippen LogP contribution >= 0.6 is 15.9 Å². The van der Waals surface area contributed by atoms with Gasteiger partial charge in [-0.2, -0.15) is 4.98 Å². The SMILES string of the molecule is Cc1noc(CN2CCN(Cc3cc(Br)ccc3F)CC2)n1. The summed E-state index contributed by atoms with van der Waals surface area (Å²) in [5.41, 5.74) is 0.732. The van der Waals surface area contributed by atoms with Crippen LogP contribution in [0.4, 0.5) is 4.39 Å². The fourth-order valence-electron chi connectivity index (χ4n) is 2.61. The smallest absolute Gasteiger partial charge is 0.240 e. The second-order valence-electron chi connectivity index (χ2n) is 5.52. The summed E-state index contributed by atoms with van der Waals surface area (Å²) in [6.45, 7) is 6.77. The van der Waals surface area contributed by atoms with Crippen LogP contribution in [0.3, 0.4) is 0 Å². The van der Waals surface area contributed by atoms with Crippen LogP contribution in [-0.2, 0) is 13.1 Å². The molecule has 1 fully saturated rings. The van der Waals surface area contributed by atoms with Crippen molar-refractivity contribution in [1.29, 1.82) is 0 Å². The Balaban J connectivity index is 1.52. The largest absolute Gasteiger partial charge is 0.338 e. The molecule has 0 bridgehead atoms. The van der Waals surface area contributed by atoms with E-state index in [9.17, 15) is 4.39 Å². The maximum absolute atomic E-state index is 13.8. The van der Waals surface area contributed by atoms with Gasteiger partial charge in [0.05, 0.1) is 6.54 Å². The van der Waals surface area contributed by atoms with Gasteiger partial charge in [0.15, 0.2) is 5.82 Å². The molecule has 0 radical (unpaired) electrons. The highest BCUT2D eigenvalue weighted by molar-refractivity contribution is 9.10. The lowest BCUT2D eigenvalue weighted by molar-refractivity contribution is 0.111. The van der Waals surface area contributed by atoms with Gasteiger partial charge in [-0.05, 0) is 25.1 Å². The van der Waals surface area contributed by atoms with E-state index < -0.39 is 0 Å². The standard InChI is InChI=1S/C15H18BrFN4O/c1-11-18-15(22-19-11)10-21-6-4-20(5-7-21)9-12-8-13(16)2-3-14(12)17/h2-3,8H,4-7,9-10H2,1H3. The van der Waals surface area contributed by atoms with E-state index in [0.29, 0.717) is 24.8 Å². The molecule has 0 saturated carbocycles. The highest BCUT2D eigenvalue weighted by Gasteiger charge is 2.19. The van der Waals surface area contributed by atoms with E-state index in [1.807, 2.05) is 13.0 Å². The second kappa shape index (κ2) is 6.85. The molecule has 0 amide bonds. The van der Waals surface area contributed by atoms with Gasteiger partial charge < -0.3 is 4.52 Å². The van der Waals surface area contributed by atoms with Crippen molar-refractivity contribution in [3.63, 3.8) is 0 Å². The van der Waals surface area contributed by atoms with Crippen LogP contribution in [0, 0.1) is 12.7 Å². The van der Waals surface area contributed by atoms with Crippen molar-refractivity contribution in [1.82, 2.24) is 19.9 Å². The van der Waals surface area contributed by atoms with E-state index in [1.165, 1.54) is 6.07 Å². The highest BCUT2D eigenvalue weighted by Crippen LogP contribution is 2.18. The Kier molecular flexibility index (Phi) is 4.85. The summed E-state index contributed by atoms with van der Waals surface area (Å²) in [6.07, 6.45) is 0. The zero-order valence-corrected chi connectivity index (χ0v) is 14.0. The number of aryl methyl sites for hydroxylation is 1. The minimum atomic E-state index is -0.146. The molecule has 1 saturated heterocycles. The lowest BCUT2D eigenvalue weighted by Gasteiger charge is -2.34. The van der Waals surface area contributed by atoms with Crippen LogP contribution in [0.2, 0.25) is 0 Å². The predicted molar refractivity (Wildman–Crippen MR) is 83.7 cm³/mol. The maximum Gasteiger partial charge on any atom is 0.240 e. The van der Waals surface area contributed by atoms with E-state index in [0.717, 1.165) is 36.2 Å². The van der Waals surface area contributed by atoms with Gasteiger partial charge in [0.1, 0.15) is 5.82 Å². The summed E-state index contributed by atoms with van der Waals surface area (Å²) in [5, 5.41) is 3.80. The van der Waals surface area contributed by atoms with Gasteiger partial charge in [0, 0.05) is 42.8 Å². The van der Waals surface area contributed by atoms with E-state index in [-0.39, 0.29) is 5.82 Å². The first-order valence-electron chi connectivity index (χ1n) is 7.28. The number of benzene rings is 1. The number of hydrogen-bond donors (Lipinski definition) is 0. The topological polar surface area (TPSA) is 45.4 Å². The minimum absolute atomic E-state index is 0.146. The summed E-state index contributed by atoms with van der Waals surface area (Å²) in [6, 6.07) is 5.08. The molecule has 1 aliphatic rings. The molecule has 1 aromatic carbocycles. The molecular formula is C15H18BrFN4O. The zero-order valence-electron chi connectivity index (χ0n) is 12.4. The van der Waals surface area contributed by atoms with Crippen molar-refractivity contribution in [3.05, 3.63) is 45.8 Å². The molecule has 3 rings (SSSR count). The van der Waals surface area contributed by atoms with E-state index in [2.05, 4.69) is 35.9 Å². The Bertz CT molecular complexity index is 640. The molecule has 5 nitrogen and oxygen atoms in total. The molecule has 22 heavy (non-hydrogen) atoms. The molecule has 118 valence electrons. The molecule has 0 unspecified atom stereocenters. The number of rotatable bonds is 4. The van der Waals surface area contributed by atoms with Crippen LogP contribution in [0.5, 0.6) is 0 Å². The third kappa shape index (κ3) is 3.91. The Hall–Kier alpha value is -1.31. The van der Waals surface area contributed by atoms with Gasteiger partial charge in [-0.3, -0.25) is 9.80 Å². The minimum Gasteiger partial charge on any atom is -0.338 e. The molecule has 0 spiro atoms. The van der Waals surface area contributed by atoms with Gasteiger partial charge >= 0.3 is 0 Å². The Morgan fingerprint density at radius 3 is 2.50 bits per heavy atom. The predicted octanol–water partition coefficient (Wildman–Crippen LogP) is 2.60. The summed E-state index contributed by atoms with van der Waals surface area (Å²) in [7, 11) is 0. The van der Waals surface area contributed by atoms with E-state index in [4.69, 9.17) is 4.52 Å². The number of piperazine rings is 1. The normalized spacial score (nSPS) is 17.0. The van der Waals surface area contributed by atoms with Gasteiger partial charge in [-0.25, -0.2) is 4.39 Å². The number of hydrogen-bond acceptors (Lipinski definition) is 5. The molecule has 2 aromatic rings. The number of aromatic nitrogens is 2. The van der Waals surface area contributed by atoms with Crippen LogP contribution in [0.1, 0.15) is 17.3 Å². The average Bonchev–Trinajstić information content (AvgIpc) is 2.90. The fourth-order valence-corrected chi connectivity index (χ4v) is 3.01. The molecular weight excluding hydrogens is 351 g/mol. The van der Waals surface area contributed by atoms with Gasteiger partial charge in [0.2, 0.25) is 5.89 Å². The van der Waals surface area contributed by atoms with Crippen molar-refractivity contribution in [2.24, 2.45) is 0 Å². The van der Waals surface area contributed by atoms with Crippen molar-refractivity contribution in [3.8, 4) is 0 Å². The van der Waals surface area contributed by atoms with Crippen LogP contribution in [0.25, 0.3) is 0 Å². The fraction of sp³-hybridized carbons (Fsp3) is 0.467. The first kappa shape index (κ1) is 15.6. The lowest BCUT2D eigenvalue weighted by atomic mass is 10.2. The third-order valence-corrected chi connectivity index (χ3v) is 4.29. The summed E-state index contributed by atoms with van der Waals surface area (Å²) < 4.78 is 19.9. The Morgan fingerprint density at radius 2 is 1.86 bits per heavy atom. The average molecular weight is 369 g/mol. The first-order valence-corrected chi connectivity index (χ1v) is 8.07. The van der Waals surface area contributed by atoms with Gasteiger partial charge in [-0.1, -0.05) is 21.1 Å². The van der Waals surface area contributed by atoms with Crippen molar-refractivity contribution < 1.29 is 8.91 Å².